The number of aromatic nitrogens is 1. The summed E-state index contributed by atoms with van der Waals surface area (Å²) in [6, 6.07) is 10.6. The Morgan fingerprint density at radius 1 is 1.27 bits per heavy atom. The van der Waals surface area contributed by atoms with Crippen LogP contribution in [0.15, 0.2) is 49.2 Å². The molecule has 1 heterocycles. The van der Waals surface area contributed by atoms with Gasteiger partial charge in [0.1, 0.15) is 0 Å². The number of hydrogen-bond acceptors (Lipinski definition) is 0. The van der Waals surface area contributed by atoms with E-state index in [1.165, 1.54) is 16.5 Å². The highest BCUT2D eigenvalue weighted by Gasteiger charge is 2.07. The minimum absolute atomic E-state index is 0. The van der Waals surface area contributed by atoms with E-state index in [4.69, 9.17) is 0 Å². The van der Waals surface area contributed by atoms with Crippen LogP contribution in [0.5, 0.6) is 0 Å². The first kappa shape index (κ1) is 11.9. The highest BCUT2D eigenvalue weighted by Crippen LogP contribution is 2.13. The Hall–Kier alpha value is -1.15. The van der Waals surface area contributed by atoms with E-state index in [9.17, 15) is 0 Å². The van der Waals surface area contributed by atoms with E-state index >= 15 is 0 Å². The molecule has 2 heteroatoms. The lowest BCUT2D eigenvalue weighted by Crippen LogP contribution is -3.00. The summed E-state index contributed by atoms with van der Waals surface area (Å²) in [7, 11) is 0. The first-order chi connectivity index (χ1) is 6.83. The van der Waals surface area contributed by atoms with Crippen LogP contribution in [0.2, 0.25) is 0 Å². The molecule has 1 nitrogen and oxygen atoms in total. The van der Waals surface area contributed by atoms with Gasteiger partial charge in [0, 0.05) is 17.5 Å². The number of benzene rings is 1. The van der Waals surface area contributed by atoms with Gasteiger partial charge in [0.15, 0.2) is 12.7 Å². The molecule has 0 unspecified atom stereocenters. The lowest BCUT2D eigenvalue weighted by atomic mass is 10.1. The maximum atomic E-state index is 3.76. The van der Waals surface area contributed by atoms with Crippen LogP contribution in [0.25, 0.3) is 10.9 Å². The van der Waals surface area contributed by atoms with Crippen LogP contribution in [0, 0.1) is 6.92 Å². The van der Waals surface area contributed by atoms with Crippen LogP contribution < -0.4 is 21.5 Å². The van der Waals surface area contributed by atoms with E-state index in [1.807, 2.05) is 6.08 Å². The van der Waals surface area contributed by atoms with Gasteiger partial charge >= 0.3 is 0 Å². The monoisotopic (exact) mass is 263 g/mol. The third kappa shape index (κ3) is 2.26. The van der Waals surface area contributed by atoms with E-state index in [-0.39, 0.29) is 17.0 Å². The standard InChI is InChI=1S/C13H14N.BrH/c1-3-9-14-10-8-11(2)12-6-4-5-7-13(12)14;/h3-8,10H,1,9H2,2H3;1H/q+1;/p-1. The molecule has 0 bridgehead atoms. The minimum Gasteiger partial charge on any atom is -1.00 e. The van der Waals surface area contributed by atoms with Crippen molar-refractivity contribution >= 4 is 10.9 Å². The first-order valence-electron chi connectivity index (χ1n) is 4.81. The summed E-state index contributed by atoms with van der Waals surface area (Å²) < 4.78 is 2.20. The summed E-state index contributed by atoms with van der Waals surface area (Å²) in [6.45, 7) is 6.77. The molecule has 15 heavy (non-hydrogen) atoms. The van der Waals surface area contributed by atoms with Gasteiger partial charge in [-0.05, 0) is 24.6 Å². The Kier molecular flexibility index (Phi) is 4.04. The van der Waals surface area contributed by atoms with Crippen molar-refractivity contribution in [3.05, 3.63) is 54.7 Å². The third-order valence-electron chi connectivity index (χ3n) is 2.47. The highest BCUT2D eigenvalue weighted by atomic mass is 79.9. The SMILES string of the molecule is C=CC[n+]1ccc(C)c2ccccc21.[Br-]. The zero-order valence-electron chi connectivity index (χ0n) is 8.78. The topological polar surface area (TPSA) is 3.88 Å². The molecule has 2 rings (SSSR count). The molecule has 0 aliphatic heterocycles. The second-order valence-corrected chi connectivity index (χ2v) is 3.46. The van der Waals surface area contributed by atoms with Crippen molar-refractivity contribution in [3.8, 4) is 0 Å². The predicted octanol–water partition coefficient (Wildman–Crippen LogP) is -0.374. The van der Waals surface area contributed by atoms with Gasteiger partial charge in [0.05, 0.1) is 0 Å². The Morgan fingerprint density at radius 3 is 2.73 bits per heavy atom. The van der Waals surface area contributed by atoms with Crippen LogP contribution in [0.1, 0.15) is 5.56 Å². The van der Waals surface area contributed by atoms with Gasteiger partial charge in [-0.1, -0.05) is 18.7 Å². The molecule has 0 aliphatic carbocycles. The molecule has 0 atom stereocenters. The van der Waals surface area contributed by atoms with Crippen molar-refractivity contribution in [2.45, 2.75) is 13.5 Å². The minimum atomic E-state index is 0. The van der Waals surface area contributed by atoms with Gasteiger partial charge in [-0.2, -0.15) is 4.57 Å². The van der Waals surface area contributed by atoms with Crippen LogP contribution in [-0.4, -0.2) is 0 Å². The molecule has 0 spiro atoms. The van der Waals surface area contributed by atoms with Crippen LogP contribution in [0.3, 0.4) is 0 Å². The fourth-order valence-electron chi connectivity index (χ4n) is 1.73. The van der Waals surface area contributed by atoms with Gasteiger partial charge in [-0.25, -0.2) is 0 Å². The third-order valence-corrected chi connectivity index (χ3v) is 2.47. The first-order valence-corrected chi connectivity index (χ1v) is 4.81. The normalized spacial score (nSPS) is 9.67. The zero-order valence-corrected chi connectivity index (χ0v) is 10.4. The molecule has 1 aromatic carbocycles. The van der Waals surface area contributed by atoms with Crippen molar-refractivity contribution in [2.75, 3.05) is 0 Å². The number of fused-ring (bicyclic) bond motifs is 1. The fourth-order valence-corrected chi connectivity index (χ4v) is 1.73. The van der Waals surface area contributed by atoms with Gasteiger partial charge in [-0.15, -0.1) is 0 Å². The summed E-state index contributed by atoms with van der Waals surface area (Å²) in [5.74, 6) is 0. The molecule has 0 aliphatic rings. The number of rotatable bonds is 2. The average molecular weight is 264 g/mol. The number of allylic oxidation sites excluding steroid dienone is 1. The largest absolute Gasteiger partial charge is 1.00 e. The molecule has 78 valence electrons. The molecular formula is C13H14BrN. The Labute approximate surface area is 101 Å². The molecule has 0 saturated carbocycles. The molecule has 1 aromatic heterocycles. The smallest absolute Gasteiger partial charge is 0.213 e. The molecule has 0 fully saturated rings. The van der Waals surface area contributed by atoms with Gasteiger partial charge < -0.3 is 17.0 Å². The zero-order chi connectivity index (χ0) is 9.97. The second kappa shape index (κ2) is 5.08. The number of para-hydroxylation sites is 1. The molecule has 0 amide bonds. The molecular weight excluding hydrogens is 250 g/mol. The Bertz CT molecular complexity index is 477. The van der Waals surface area contributed by atoms with E-state index in [2.05, 4.69) is 54.6 Å². The number of nitrogens with zero attached hydrogens (tertiary/aromatic N) is 1. The number of pyridine rings is 1. The van der Waals surface area contributed by atoms with Crippen LogP contribution in [-0.2, 0) is 6.54 Å². The van der Waals surface area contributed by atoms with Gasteiger partial charge in [0.25, 0.3) is 0 Å². The summed E-state index contributed by atoms with van der Waals surface area (Å²) in [6.07, 6.45) is 4.03. The van der Waals surface area contributed by atoms with Crippen LogP contribution >= 0.6 is 0 Å². The average Bonchev–Trinajstić information content (AvgIpc) is 2.23. The molecule has 0 N–H and O–H groups in total. The number of halogens is 1. The molecule has 0 saturated heterocycles. The maximum Gasteiger partial charge on any atom is 0.213 e. The lowest BCUT2D eigenvalue weighted by molar-refractivity contribution is -0.660. The molecule has 0 radical (unpaired) electrons. The molecule has 2 aromatic rings. The van der Waals surface area contributed by atoms with Gasteiger partial charge in [-0.3, -0.25) is 0 Å². The predicted molar refractivity (Wildman–Crippen MR) is 59.1 cm³/mol. The van der Waals surface area contributed by atoms with Crippen molar-refractivity contribution in [1.82, 2.24) is 0 Å². The van der Waals surface area contributed by atoms with Crippen LogP contribution in [0.4, 0.5) is 0 Å². The fraction of sp³-hybridized carbons (Fsp3) is 0.154. The number of hydrogen-bond donors (Lipinski definition) is 0. The summed E-state index contributed by atoms with van der Waals surface area (Å²) in [5.41, 5.74) is 2.59. The number of aryl methyl sites for hydroxylation is 1. The second-order valence-electron chi connectivity index (χ2n) is 3.46. The summed E-state index contributed by atoms with van der Waals surface area (Å²) >= 11 is 0. The summed E-state index contributed by atoms with van der Waals surface area (Å²) in [4.78, 5) is 0. The Balaban J connectivity index is 0.00000112. The van der Waals surface area contributed by atoms with Crippen molar-refractivity contribution < 1.29 is 21.5 Å². The van der Waals surface area contributed by atoms with Crippen molar-refractivity contribution in [1.29, 1.82) is 0 Å². The Morgan fingerprint density at radius 2 is 2.00 bits per heavy atom. The van der Waals surface area contributed by atoms with E-state index < -0.39 is 0 Å². The maximum absolute atomic E-state index is 3.76. The quantitative estimate of drug-likeness (QED) is 0.514. The summed E-state index contributed by atoms with van der Waals surface area (Å²) in [5, 5.41) is 1.32. The van der Waals surface area contributed by atoms with E-state index in [0.29, 0.717) is 0 Å². The van der Waals surface area contributed by atoms with Crippen molar-refractivity contribution in [3.63, 3.8) is 0 Å². The van der Waals surface area contributed by atoms with E-state index in [1.54, 1.807) is 0 Å². The lowest BCUT2D eigenvalue weighted by Gasteiger charge is -2.01. The van der Waals surface area contributed by atoms with Gasteiger partial charge in [0.2, 0.25) is 5.52 Å². The van der Waals surface area contributed by atoms with E-state index in [0.717, 1.165) is 6.54 Å². The van der Waals surface area contributed by atoms with Crippen molar-refractivity contribution in [2.24, 2.45) is 0 Å². The highest BCUT2D eigenvalue weighted by molar-refractivity contribution is 5.78.